The number of hydrogen-bond donors (Lipinski definition) is 2. The molecule has 0 bridgehead atoms. The Hall–Kier alpha value is -1.91. The van der Waals surface area contributed by atoms with Gasteiger partial charge in [-0.15, -0.1) is 0 Å². The Morgan fingerprint density at radius 2 is 1.80 bits per heavy atom. The van der Waals surface area contributed by atoms with Crippen LogP contribution in [0.5, 0.6) is 23.0 Å². The number of hydrogen-bond acceptors (Lipinski definition) is 5. The van der Waals surface area contributed by atoms with Gasteiger partial charge in [0.1, 0.15) is 0 Å². The van der Waals surface area contributed by atoms with E-state index >= 15 is 0 Å². The van der Waals surface area contributed by atoms with Crippen LogP contribution in [0.2, 0.25) is 0 Å². The lowest BCUT2D eigenvalue weighted by atomic mass is 10.1. The van der Waals surface area contributed by atoms with Gasteiger partial charge in [0, 0.05) is 0 Å². The maximum absolute atomic E-state index is 11.2. The fourth-order valence-corrected chi connectivity index (χ4v) is 1.23. The van der Waals surface area contributed by atoms with E-state index < -0.39 is 0 Å². The minimum absolute atomic E-state index is 0.0431. The Labute approximate surface area is 86.9 Å². The molecule has 0 aliphatic rings. The maximum atomic E-state index is 11.2. The average Bonchev–Trinajstić information content (AvgIpc) is 2.18. The van der Waals surface area contributed by atoms with Crippen molar-refractivity contribution < 1.29 is 24.5 Å². The van der Waals surface area contributed by atoms with Crippen molar-refractivity contribution in [2.24, 2.45) is 0 Å². The normalized spacial score (nSPS) is 9.80. The second kappa shape index (κ2) is 4.08. The summed E-state index contributed by atoms with van der Waals surface area (Å²) in [6.45, 7) is 1.30. The summed E-state index contributed by atoms with van der Waals surface area (Å²) in [5, 5.41) is 19.2. The third-order valence-corrected chi connectivity index (χ3v) is 2.00. The van der Waals surface area contributed by atoms with Crippen LogP contribution in [0.25, 0.3) is 0 Å². The van der Waals surface area contributed by atoms with Gasteiger partial charge in [0.05, 0.1) is 19.8 Å². The highest BCUT2D eigenvalue weighted by Crippen LogP contribution is 2.45. The lowest BCUT2D eigenvalue weighted by Gasteiger charge is -2.12. The van der Waals surface area contributed by atoms with Crippen molar-refractivity contribution in [1.82, 2.24) is 0 Å². The number of ether oxygens (including phenoxy) is 2. The Morgan fingerprint density at radius 3 is 2.20 bits per heavy atom. The molecule has 82 valence electrons. The Bertz CT molecular complexity index is 397. The summed E-state index contributed by atoms with van der Waals surface area (Å²) < 4.78 is 9.62. The SMILES string of the molecule is COc1cc(C(C)=O)c(O)c(OC)c1O. The van der Waals surface area contributed by atoms with Crippen molar-refractivity contribution in [2.45, 2.75) is 6.92 Å². The third kappa shape index (κ3) is 1.81. The summed E-state index contributed by atoms with van der Waals surface area (Å²) >= 11 is 0. The van der Waals surface area contributed by atoms with Crippen LogP contribution in [-0.4, -0.2) is 30.2 Å². The van der Waals surface area contributed by atoms with Crippen LogP contribution in [0.4, 0.5) is 0 Å². The van der Waals surface area contributed by atoms with E-state index in [1.54, 1.807) is 0 Å². The van der Waals surface area contributed by atoms with Gasteiger partial charge in [-0.1, -0.05) is 0 Å². The van der Waals surface area contributed by atoms with Gasteiger partial charge in [0.2, 0.25) is 11.5 Å². The fourth-order valence-electron chi connectivity index (χ4n) is 1.23. The summed E-state index contributed by atoms with van der Waals surface area (Å²) in [6.07, 6.45) is 0. The number of carbonyl (C=O) groups excluding carboxylic acids is 1. The quantitative estimate of drug-likeness (QED) is 0.739. The first kappa shape index (κ1) is 11.2. The molecule has 1 aromatic rings. The summed E-state index contributed by atoms with van der Waals surface area (Å²) in [5.74, 6) is -1.15. The van der Waals surface area contributed by atoms with Gasteiger partial charge in [-0.2, -0.15) is 0 Å². The Morgan fingerprint density at radius 1 is 1.20 bits per heavy atom. The molecule has 0 aliphatic carbocycles. The number of phenols is 2. The van der Waals surface area contributed by atoms with E-state index in [-0.39, 0.29) is 34.3 Å². The Balaban J connectivity index is 3.51. The molecule has 2 N–H and O–H groups in total. The molecule has 0 fully saturated rings. The first-order valence-electron chi connectivity index (χ1n) is 4.20. The van der Waals surface area contributed by atoms with E-state index in [9.17, 15) is 15.0 Å². The molecule has 1 rings (SSSR count). The first-order valence-corrected chi connectivity index (χ1v) is 4.20. The Kier molecular flexibility index (Phi) is 3.04. The van der Waals surface area contributed by atoms with Crippen LogP contribution in [0.15, 0.2) is 6.07 Å². The van der Waals surface area contributed by atoms with E-state index in [1.807, 2.05) is 0 Å². The molecule has 1 aromatic carbocycles. The highest BCUT2D eigenvalue weighted by molar-refractivity contribution is 5.98. The smallest absolute Gasteiger partial charge is 0.207 e. The molecule has 5 nitrogen and oxygen atoms in total. The highest BCUT2D eigenvalue weighted by atomic mass is 16.5. The van der Waals surface area contributed by atoms with Gasteiger partial charge >= 0.3 is 0 Å². The minimum atomic E-state index is -0.386. The predicted molar refractivity (Wildman–Crippen MR) is 52.9 cm³/mol. The van der Waals surface area contributed by atoms with E-state index in [1.165, 1.54) is 27.2 Å². The summed E-state index contributed by atoms with van der Waals surface area (Å²) in [5.41, 5.74) is 0.0431. The van der Waals surface area contributed by atoms with E-state index in [4.69, 9.17) is 9.47 Å². The minimum Gasteiger partial charge on any atom is -0.504 e. The molecule has 15 heavy (non-hydrogen) atoms. The van der Waals surface area contributed by atoms with Gasteiger partial charge in [-0.25, -0.2) is 0 Å². The molecule has 0 saturated heterocycles. The van der Waals surface area contributed by atoms with Gasteiger partial charge in [-0.05, 0) is 13.0 Å². The number of Topliss-reactive ketones (excluding diaryl/α,β-unsaturated/α-hetero) is 1. The molecule has 0 radical (unpaired) electrons. The monoisotopic (exact) mass is 212 g/mol. The predicted octanol–water partition coefficient (Wildman–Crippen LogP) is 1.32. The molecular formula is C10H12O5. The van der Waals surface area contributed by atoms with Gasteiger partial charge in [-0.3, -0.25) is 4.79 Å². The number of rotatable bonds is 3. The number of aromatic hydroxyl groups is 2. The number of carbonyl (C=O) groups is 1. The standard InChI is InChI=1S/C10H12O5/c1-5(11)6-4-7(14-2)9(13)10(15-3)8(6)12/h4,12-13H,1-3H3. The van der Waals surface area contributed by atoms with Crippen molar-refractivity contribution >= 4 is 5.78 Å². The zero-order valence-electron chi connectivity index (χ0n) is 8.70. The number of benzene rings is 1. The summed E-state index contributed by atoms with van der Waals surface area (Å²) in [6, 6.07) is 1.26. The zero-order chi connectivity index (χ0) is 11.6. The average molecular weight is 212 g/mol. The van der Waals surface area contributed by atoms with Crippen LogP contribution >= 0.6 is 0 Å². The van der Waals surface area contributed by atoms with Crippen LogP contribution in [-0.2, 0) is 0 Å². The molecule has 0 aliphatic heterocycles. The van der Waals surface area contributed by atoms with Gasteiger partial charge < -0.3 is 19.7 Å². The van der Waals surface area contributed by atoms with Crippen molar-refractivity contribution in [3.63, 3.8) is 0 Å². The molecule has 0 spiro atoms. The molecular weight excluding hydrogens is 200 g/mol. The van der Waals surface area contributed by atoms with Crippen LogP contribution in [0.1, 0.15) is 17.3 Å². The number of methoxy groups -OCH3 is 2. The van der Waals surface area contributed by atoms with Crippen molar-refractivity contribution in [1.29, 1.82) is 0 Å². The number of ketones is 1. The zero-order valence-corrected chi connectivity index (χ0v) is 8.70. The number of phenolic OH excluding ortho intramolecular Hbond substituents is 2. The molecule has 0 saturated carbocycles. The van der Waals surface area contributed by atoms with Crippen LogP contribution in [0, 0.1) is 0 Å². The molecule has 0 amide bonds. The molecule has 0 heterocycles. The van der Waals surface area contributed by atoms with E-state index in [0.29, 0.717) is 0 Å². The lowest BCUT2D eigenvalue weighted by Crippen LogP contribution is -1.98. The van der Waals surface area contributed by atoms with Crippen molar-refractivity contribution in [3.05, 3.63) is 11.6 Å². The van der Waals surface area contributed by atoms with Crippen molar-refractivity contribution in [2.75, 3.05) is 14.2 Å². The third-order valence-electron chi connectivity index (χ3n) is 2.00. The fraction of sp³-hybridized carbons (Fsp3) is 0.300. The molecule has 0 atom stereocenters. The van der Waals surface area contributed by atoms with E-state index in [0.717, 1.165) is 0 Å². The van der Waals surface area contributed by atoms with Gasteiger partial charge in [0.15, 0.2) is 17.3 Å². The largest absolute Gasteiger partial charge is 0.504 e. The van der Waals surface area contributed by atoms with Gasteiger partial charge in [0.25, 0.3) is 0 Å². The maximum Gasteiger partial charge on any atom is 0.207 e. The lowest BCUT2D eigenvalue weighted by molar-refractivity contribution is 0.101. The topological polar surface area (TPSA) is 76.0 Å². The van der Waals surface area contributed by atoms with Crippen LogP contribution < -0.4 is 9.47 Å². The second-order valence-electron chi connectivity index (χ2n) is 2.91. The molecule has 0 unspecified atom stereocenters. The van der Waals surface area contributed by atoms with Crippen LogP contribution in [0.3, 0.4) is 0 Å². The van der Waals surface area contributed by atoms with Crippen molar-refractivity contribution in [3.8, 4) is 23.0 Å². The first-order chi connectivity index (χ1) is 7.02. The molecule has 5 heteroatoms. The highest BCUT2D eigenvalue weighted by Gasteiger charge is 2.20. The second-order valence-corrected chi connectivity index (χ2v) is 2.91. The summed E-state index contributed by atoms with van der Waals surface area (Å²) in [4.78, 5) is 11.2. The van der Waals surface area contributed by atoms with E-state index in [2.05, 4.69) is 0 Å². The summed E-state index contributed by atoms with van der Waals surface area (Å²) in [7, 11) is 2.62. The molecule has 0 aromatic heterocycles.